The summed E-state index contributed by atoms with van der Waals surface area (Å²) in [5.74, 6) is -0.599. The first-order chi connectivity index (χ1) is 19.8. The van der Waals surface area contributed by atoms with Crippen LogP contribution >= 0.6 is 0 Å². The third-order valence-corrected chi connectivity index (χ3v) is 8.45. The van der Waals surface area contributed by atoms with Crippen molar-refractivity contribution in [2.24, 2.45) is 0 Å². The fourth-order valence-electron chi connectivity index (χ4n) is 4.57. The predicted octanol–water partition coefficient (Wildman–Crippen LogP) is 4.28. The van der Waals surface area contributed by atoms with Gasteiger partial charge in [0.15, 0.2) is 0 Å². The predicted molar refractivity (Wildman–Crippen MR) is 159 cm³/mol. The molecule has 212 valence electrons. The summed E-state index contributed by atoms with van der Waals surface area (Å²) < 4.78 is 34.5. The fourth-order valence-corrected chi connectivity index (χ4v) is 6.02. The molecule has 1 N–H and O–H groups in total. The smallest absolute Gasteiger partial charge is 0.264 e. The lowest BCUT2D eigenvalue weighted by molar-refractivity contribution is -0.139. The molecule has 0 bridgehead atoms. The molecule has 41 heavy (non-hydrogen) atoms. The summed E-state index contributed by atoms with van der Waals surface area (Å²) >= 11 is 0. The van der Waals surface area contributed by atoms with Crippen LogP contribution < -0.4 is 14.4 Å². The second kappa shape index (κ2) is 13.6. The largest absolute Gasteiger partial charge is 0.495 e. The number of para-hydroxylation sites is 2. The summed E-state index contributed by atoms with van der Waals surface area (Å²) in [5.41, 5.74) is 1.88. The Hall–Kier alpha value is -4.63. The Morgan fingerprint density at radius 3 is 1.90 bits per heavy atom. The number of benzene rings is 4. The molecule has 1 atom stereocenters. The van der Waals surface area contributed by atoms with E-state index in [1.165, 1.54) is 31.2 Å². The highest BCUT2D eigenvalue weighted by Gasteiger charge is 2.35. The SMILES string of the molecule is CNC(=O)[C@H](Cc1ccccc1)N(Cc1ccccc1)C(=O)CN(c1ccccc1OC)S(=O)(=O)c1ccccc1. The fraction of sp³-hybridized carbons (Fsp3) is 0.188. The molecule has 9 heteroatoms. The van der Waals surface area contributed by atoms with Crippen molar-refractivity contribution in [2.45, 2.75) is 23.9 Å². The number of likely N-dealkylation sites (N-methyl/N-ethyl adjacent to an activating group) is 1. The molecule has 0 spiro atoms. The molecule has 0 aromatic heterocycles. The minimum absolute atomic E-state index is 0.0282. The van der Waals surface area contributed by atoms with E-state index in [-0.39, 0.29) is 29.5 Å². The molecule has 0 fully saturated rings. The normalized spacial score (nSPS) is 11.8. The molecule has 0 aliphatic carbocycles. The monoisotopic (exact) mass is 571 g/mol. The van der Waals surface area contributed by atoms with E-state index in [4.69, 9.17) is 4.74 Å². The average molecular weight is 572 g/mol. The van der Waals surface area contributed by atoms with E-state index in [0.717, 1.165) is 15.4 Å². The standard InChI is InChI=1S/C32H33N3O5S/c1-33-32(37)29(22-25-14-6-3-7-15-25)34(23-26-16-8-4-9-17-26)31(36)24-35(28-20-12-13-21-30(28)40-2)41(38,39)27-18-10-5-11-19-27/h3-21,29H,22-24H2,1-2H3,(H,33,37)/t29-/m0/s1. The van der Waals surface area contributed by atoms with E-state index in [1.54, 1.807) is 42.5 Å². The minimum Gasteiger partial charge on any atom is -0.495 e. The highest BCUT2D eigenvalue weighted by atomic mass is 32.2. The topological polar surface area (TPSA) is 96.0 Å². The first kappa shape index (κ1) is 29.4. The summed E-state index contributed by atoms with van der Waals surface area (Å²) in [6.45, 7) is -0.442. The molecular weight excluding hydrogens is 538 g/mol. The summed E-state index contributed by atoms with van der Waals surface area (Å²) in [5, 5.41) is 2.68. The molecule has 4 aromatic carbocycles. The Morgan fingerprint density at radius 2 is 1.32 bits per heavy atom. The van der Waals surface area contributed by atoms with Crippen LogP contribution in [0.15, 0.2) is 120 Å². The van der Waals surface area contributed by atoms with Crippen molar-refractivity contribution in [1.82, 2.24) is 10.2 Å². The number of ether oxygens (including phenoxy) is 1. The summed E-state index contributed by atoms with van der Waals surface area (Å²) in [6, 6.07) is 32.4. The van der Waals surface area contributed by atoms with Gasteiger partial charge in [0.1, 0.15) is 18.3 Å². The van der Waals surface area contributed by atoms with Gasteiger partial charge < -0.3 is 15.0 Å². The number of hydrogen-bond donors (Lipinski definition) is 1. The zero-order valence-corrected chi connectivity index (χ0v) is 23.8. The van der Waals surface area contributed by atoms with Crippen LogP contribution in [-0.4, -0.2) is 51.9 Å². The number of carbonyl (C=O) groups is 2. The second-order valence-corrected chi connectivity index (χ2v) is 11.2. The van der Waals surface area contributed by atoms with Crippen LogP contribution in [0.25, 0.3) is 0 Å². The molecule has 0 aliphatic heterocycles. The zero-order chi connectivity index (χ0) is 29.2. The van der Waals surface area contributed by atoms with Crippen LogP contribution in [-0.2, 0) is 32.6 Å². The van der Waals surface area contributed by atoms with E-state index < -0.39 is 28.5 Å². The maximum Gasteiger partial charge on any atom is 0.264 e. The second-order valence-electron chi connectivity index (χ2n) is 9.32. The van der Waals surface area contributed by atoms with E-state index in [9.17, 15) is 18.0 Å². The van der Waals surface area contributed by atoms with Crippen LogP contribution in [0.1, 0.15) is 11.1 Å². The van der Waals surface area contributed by atoms with E-state index in [0.29, 0.717) is 5.75 Å². The van der Waals surface area contributed by atoms with Gasteiger partial charge in [-0.05, 0) is 35.4 Å². The number of nitrogens with one attached hydrogen (secondary N) is 1. The van der Waals surface area contributed by atoms with E-state index >= 15 is 0 Å². The first-order valence-electron chi connectivity index (χ1n) is 13.1. The third-order valence-electron chi connectivity index (χ3n) is 6.68. The highest BCUT2D eigenvalue weighted by Crippen LogP contribution is 2.32. The molecule has 8 nitrogen and oxygen atoms in total. The van der Waals surface area contributed by atoms with Crippen molar-refractivity contribution in [3.63, 3.8) is 0 Å². The number of anilines is 1. The van der Waals surface area contributed by atoms with Crippen molar-refractivity contribution < 1.29 is 22.7 Å². The molecule has 0 saturated carbocycles. The molecule has 0 heterocycles. The molecule has 0 unspecified atom stereocenters. The molecule has 0 aliphatic rings. The quantitative estimate of drug-likeness (QED) is 0.274. The lowest BCUT2D eigenvalue weighted by Gasteiger charge is -2.33. The van der Waals surface area contributed by atoms with Gasteiger partial charge in [-0.2, -0.15) is 0 Å². The number of hydrogen-bond acceptors (Lipinski definition) is 5. The van der Waals surface area contributed by atoms with Crippen LogP contribution in [0, 0.1) is 0 Å². The van der Waals surface area contributed by atoms with Gasteiger partial charge in [-0.15, -0.1) is 0 Å². The molecule has 2 amide bonds. The minimum atomic E-state index is -4.19. The summed E-state index contributed by atoms with van der Waals surface area (Å²) in [6.07, 6.45) is 0.249. The maximum absolute atomic E-state index is 14.3. The Balaban J connectivity index is 1.79. The lowest BCUT2D eigenvalue weighted by Crippen LogP contribution is -2.53. The average Bonchev–Trinajstić information content (AvgIpc) is 3.02. The van der Waals surface area contributed by atoms with Gasteiger partial charge in [0.2, 0.25) is 11.8 Å². The molecule has 4 aromatic rings. The number of amides is 2. The van der Waals surface area contributed by atoms with Gasteiger partial charge in [0.05, 0.1) is 17.7 Å². The van der Waals surface area contributed by atoms with Crippen molar-refractivity contribution >= 4 is 27.5 Å². The van der Waals surface area contributed by atoms with Gasteiger partial charge in [-0.3, -0.25) is 13.9 Å². The van der Waals surface area contributed by atoms with Crippen molar-refractivity contribution in [3.05, 3.63) is 126 Å². The number of methoxy groups -OCH3 is 1. The zero-order valence-electron chi connectivity index (χ0n) is 23.0. The molecule has 0 saturated heterocycles. The van der Waals surface area contributed by atoms with Crippen molar-refractivity contribution in [1.29, 1.82) is 0 Å². The van der Waals surface area contributed by atoms with Gasteiger partial charge >= 0.3 is 0 Å². The van der Waals surface area contributed by atoms with E-state index in [2.05, 4.69) is 5.32 Å². The molecular formula is C32H33N3O5S. The van der Waals surface area contributed by atoms with Crippen molar-refractivity contribution in [2.75, 3.05) is 25.0 Å². The van der Waals surface area contributed by atoms with Crippen molar-refractivity contribution in [3.8, 4) is 5.75 Å². The van der Waals surface area contributed by atoms with Gasteiger partial charge in [-0.1, -0.05) is 91.0 Å². The number of rotatable bonds is 12. The Kier molecular flexibility index (Phi) is 9.76. The van der Waals surface area contributed by atoms with Crippen LogP contribution in [0.5, 0.6) is 5.75 Å². The van der Waals surface area contributed by atoms with Crippen LogP contribution in [0.4, 0.5) is 5.69 Å². The number of carbonyl (C=O) groups excluding carboxylic acids is 2. The third kappa shape index (κ3) is 7.12. The Morgan fingerprint density at radius 1 is 0.780 bits per heavy atom. The first-order valence-corrected chi connectivity index (χ1v) is 14.6. The van der Waals surface area contributed by atoms with Gasteiger partial charge in [0.25, 0.3) is 10.0 Å². The highest BCUT2D eigenvalue weighted by molar-refractivity contribution is 7.92. The molecule has 4 rings (SSSR count). The number of sulfonamides is 1. The van der Waals surface area contributed by atoms with Crippen LogP contribution in [0.3, 0.4) is 0 Å². The van der Waals surface area contributed by atoms with Gasteiger partial charge in [-0.25, -0.2) is 8.42 Å². The number of nitrogens with zero attached hydrogens (tertiary/aromatic N) is 2. The Labute approximate surface area is 241 Å². The lowest BCUT2D eigenvalue weighted by atomic mass is 10.0. The summed E-state index contributed by atoms with van der Waals surface area (Å²) in [4.78, 5) is 29.0. The van der Waals surface area contributed by atoms with Gasteiger partial charge in [0, 0.05) is 20.0 Å². The summed E-state index contributed by atoms with van der Waals surface area (Å²) in [7, 11) is -1.23. The maximum atomic E-state index is 14.3. The van der Waals surface area contributed by atoms with Crippen LogP contribution in [0.2, 0.25) is 0 Å². The Bertz CT molecular complexity index is 1550. The van der Waals surface area contributed by atoms with E-state index in [1.807, 2.05) is 60.7 Å². The molecule has 0 radical (unpaired) electrons.